The molecule has 0 spiro atoms. The Hall–Kier alpha value is -0.810. The summed E-state index contributed by atoms with van der Waals surface area (Å²) in [7, 11) is 1.55. The summed E-state index contributed by atoms with van der Waals surface area (Å²) >= 11 is 0. The minimum Gasteiger partial charge on any atom is -0.449 e. The van der Waals surface area contributed by atoms with Crippen LogP contribution in [0.2, 0.25) is 0 Å². The summed E-state index contributed by atoms with van der Waals surface area (Å²) < 4.78 is 10.2. The molecule has 0 heterocycles. The van der Waals surface area contributed by atoms with Crippen LogP contribution in [-0.2, 0) is 9.47 Å². The Morgan fingerprint density at radius 1 is 1.06 bits per heavy atom. The molecule has 0 bridgehead atoms. The molecule has 17 heavy (non-hydrogen) atoms. The van der Waals surface area contributed by atoms with Gasteiger partial charge in [-0.05, 0) is 25.9 Å². The largest absolute Gasteiger partial charge is 0.449 e. The highest BCUT2D eigenvalue weighted by Crippen LogP contribution is 1.88. The van der Waals surface area contributed by atoms with E-state index < -0.39 is 0 Å². The summed E-state index contributed by atoms with van der Waals surface area (Å²) in [5, 5.41) is 5.74. The number of hydrogen-bond acceptors (Lipinski definition) is 4. The highest BCUT2D eigenvalue weighted by Gasteiger charge is 1.96. The molecule has 1 amide bonds. The van der Waals surface area contributed by atoms with Gasteiger partial charge in [0.05, 0.1) is 6.61 Å². The van der Waals surface area contributed by atoms with Gasteiger partial charge in [-0.1, -0.05) is 13.3 Å². The van der Waals surface area contributed by atoms with Gasteiger partial charge in [-0.3, -0.25) is 0 Å². The SMILES string of the molecule is CCCCNCCCOCCCOC(=O)NC. The predicted molar refractivity (Wildman–Crippen MR) is 68.2 cm³/mol. The summed E-state index contributed by atoms with van der Waals surface area (Å²) in [6, 6.07) is 0. The zero-order valence-electron chi connectivity index (χ0n) is 11.1. The van der Waals surface area contributed by atoms with Gasteiger partial charge in [0.1, 0.15) is 0 Å². The number of unbranched alkanes of at least 4 members (excludes halogenated alkanes) is 1. The first kappa shape index (κ1) is 16.2. The van der Waals surface area contributed by atoms with Crippen LogP contribution in [0.15, 0.2) is 0 Å². The second-order valence-electron chi connectivity index (χ2n) is 3.81. The van der Waals surface area contributed by atoms with Gasteiger partial charge in [0, 0.05) is 26.7 Å². The van der Waals surface area contributed by atoms with Crippen molar-refractivity contribution in [2.45, 2.75) is 32.6 Å². The van der Waals surface area contributed by atoms with Crippen LogP contribution < -0.4 is 10.6 Å². The van der Waals surface area contributed by atoms with Crippen molar-refractivity contribution in [1.29, 1.82) is 0 Å². The number of nitrogens with one attached hydrogen (secondary N) is 2. The summed E-state index contributed by atoms with van der Waals surface area (Å²) in [5.41, 5.74) is 0. The number of rotatable bonds is 11. The van der Waals surface area contributed by atoms with Crippen LogP contribution in [0.5, 0.6) is 0 Å². The smallest absolute Gasteiger partial charge is 0.406 e. The minimum absolute atomic E-state index is 0.384. The van der Waals surface area contributed by atoms with E-state index in [1.54, 1.807) is 7.05 Å². The molecule has 0 aliphatic rings. The molecule has 0 fully saturated rings. The highest BCUT2D eigenvalue weighted by atomic mass is 16.5. The molecule has 0 atom stereocenters. The standard InChI is InChI=1S/C12H26N2O3/c1-3-4-7-14-8-5-9-16-10-6-11-17-12(15)13-2/h14H,3-11H2,1-2H3,(H,13,15). The second-order valence-corrected chi connectivity index (χ2v) is 3.81. The molecule has 102 valence electrons. The Bertz CT molecular complexity index is 177. The quantitative estimate of drug-likeness (QED) is 0.543. The second kappa shape index (κ2) is 13.3. The van der Waals surface area contributed by atoms with E-state index in [4.69, 9.17) is 9.47 Å². The van der Waals surface area contributed by atoms with Crippen molar-refractivity contribution in [3.63, 3.8) is 0 Å². The maximum atomic E-state index is 10.7. The predicted octanol–water partition coefficient (Wildman–Crippen LogP) is 1.53. The van der Waals surface area contributed by atoms with Crippen molar-refractivity contribution in [2.75, 3.05) is 40.0 Å². The van der Waals surface area contributed by atoms with E-state index in [0.717, 1.165) is 32.5 Å². The van der Waals surface area contributed by atoms with Crippen LogP contribution in [0.4, 0.5) is 4.79 Å². The Labute approximate surface area is 104 Å². The summed E-state index contributed by atoms with van der Waals surface area (Å²) in [4.78, 5) is 10.7. The first-order chi connectivity index (χ1) is 8.31. The van der Waals surface area contributed by atoms with E-state index in [1.807, 2.05) is 0 Å². The number of amides is 1. The van der Waals surface area contributed by atoms with Crippen molar-refractivity contribution in [1.82, 2.24) is 10.6 Å². The third-order valence-electron chi connectivity index (χ3n) is 2.22. The zero-order chi connectivity index (χ0) is 12.8. The van der Waals surface area contributed by atoms with E-state index in [9.17, 15) is 4.79 Å². The fourth-order valence-electron chi connectivity index (χ4n) is 1.23. The molecule has 0 aromatic carbocycles. The van der Waals surface area contributed by atoms with Crippen molar-refractivity contribution in [3.05, 3.63) is 0 Å². The number of ether oxygens (including phenoxy) is 2. The van der Waals surface area contributed by atoms with Crippen molar-refractivity contribution >= 4 is 6.09 Å². The number of carbonyl (C=O) groups is 1. The number of carbonyl (C=O) groups excluding carboxylic acids is 1. The molecule has 0 aliphatic carbocycles. The first-order valence-electron chi connectivity index (χ1n) is 6.44. The third kappa shape index (κ3) is 13.1. The Morgan fingerprint density at radius 2 is 1.76 bits per heavy atom. The normalized spacial score (nSPS) is 10.2. The monoisotopic (exact) mass is 246 g/mol. The number of hydrogen-bond donors (Lipinski definition) is 2. The van der Waals surface area contributed by atoms with E-state index in [-0.39, 0.29) is 6.09 Å². The molecule has 0 radical (unpaired) electrons. The van der Waals surface area contributed by atoms with Gasteiger partial charge in [0.2, 0.25) is 0 Å². The molecule has 0 unspecified atom stereocenters. The van der Waals surface area contributed by atoms with Crippen LogP contribution >= 0.6 is 0 Å². The Morgan fingerprint density at radius 3 is 2.47 bits per heavy atom. The lowest BCUT2D eigenvalue weighted by Gasteiger charge is -2.06. The maximum Gasteiger partial charge on any atom is 0.406 e. The van der Waals surface area contributed by atoms with Crippen LogP contribution in [0.1, 0.15) is 32.6 Å². The molecule has 5 heteroatoms. The first-order valence-corrected chi connectivity index (χ1v) is 6.44. The van der Waals surface area contributed by atoms with Crippen LogP contribution in [0.25, 0.3) is 0 Å². The zero-order valence-corrected chi connectivity index (χ0v) is 11.1. The van der Waals surface area contributed by atoms with Crippen molar-refractivity contribution in [3.8, 4) is 0 Å². The molecule has 5 nitrogen and oxygen atoms in total. The van der Waals surface area contributed by atoms with Gasteiger partial charge in [-0.25, -0.2) is 4.79 Å². The minimum atomic E-state index is -0.384. The molecule has 0 saturated carbocycles. The molecule has 0 aromatic rings. The maximum absolute atomic E-state index is 10.7. The molecule has 0 aliphatic heterocycles. The van der Waals surface area contributed by atoms with Crippen molar-refractivity contribution < 1.29 is 14.3 Å². The molecular formula is C12H26N2O3. The van der Waals surface area contributed by atoms with Gasteiger partial charge in [0.15, 0.2) is 0 Å². The molecule has 0 rings (SSSR count). The van der Waals surface area contributed by atoms with E-state index in [1.165, 1.54) is 12.8 Å². The van der Waals surface area contributed by atoms with E-state index in [0.29, 0.717) is 13.2 Å². The lowest BCUT2D eigenvalue weighted by Crippen LogP contribution is -2.20. The fourth-order valence-corrected chi connectivity index (χ4v) is 1.23. The van der Waals surface area contributed by atoms with Gasteiger partial charge in [-0.2, -0.15) is 0 Å². The Kier molecular flexibility index (Phi) is 12.6. The number of alkyl carbamates (subject to hydrolysis) is 1. The third-order valence-corrected chi connectivity index (χ3v) is 2.22. The molecular weight excluding hydrogens is 220 g/mol. The average molecular weight is 246 g/mol. The van der Waals surface area contributed by atoms with Crippen LogP contribution in [-0.4, -0.2) is 46.1 Å². The topological polar surface area (TPSA) is 59.6 Å². The van der Waals surface area contributed by atoms with Crippen LogP contribution in [0, 0.1) is 0 Å². The van der Waals surface area contributed by atoms with Crippen LogP contribution in [0.3, 0.4) is 0 Å². The molecule has 2 N–H and O–H groups in total. The van der Waals surface area contributed by atoms with E-state index >= 15 is 0 Å². The average Bonchev–Trinajstić information content (AvgIpc) is 2.35. The van der Waals surface area contributed by atoms with Gasteiger partial charge in [-0.15, -0.1) is 0 Å². The fraction of sp³-hybridized carbons (Fsp3) is 0.917. The highest BCUT2D eigenvalue weighted by molar-refractivity contribution is 5.66. The van der Waals surface area contributed by atoms with Gasteiger partial charge in [0.25, 0.3) is 0 Å². The Balaban J connectivity index is 2.96. The van der Waals surface area contributed by atoms with Gasteiger partial charge >= 0.3 is 6.09 Å². The summed E-state index contributed by atoms with van der Waals surface area (Å²) in [6.45, 7) is 6.11. The summed E-state index contributed by atoms with van der Waals surface area (Å²) in [5.74, 6) is 0. The molecule has 0 saturated heterocycles. The van der Waals surface area contributed by atoms with E-state index in [2.05, 4.69) is 17.6 Å². The summed E-state index contributed by atoms with van der Waals surface area (Å²) in [6.07, 6.45) is 3.86. The lowest BCUT2D eigenvalue weighted by atomic mass is 10.3. The molecule has 0 aromatic heterocycles. The lowest BCUT2D eigenvalue weighted by molar-refractivity contribution is 0.100. The van der Waals surface area contributed by atoms with Gasteiger partial charge < -0.3 is 20.1 Å². The van der Waals surface area contributed by atoms with Crippen molar-refractivity contribution in [2.24, 2.45) is 0 Å².